The molecule has 0 saturated carbocycles. The van der Waals surface area contributed by atoms with Crippen LogP contribution in [0.4, 0.5) is 0 Å². The first-order valence-electron chi connectivity index (χ1n) is 12.5. The highest BCUT2D eigenvalue weighted by molar-refractivity contribution is 8.26. The first-order chi connectivity index (χ1) is 18.4. The number of unbranched alkanes of at least 4 members (excludes halogenated alkanes) is 1. The van der Waals surface area contributed by atoms with Gasteiger partial charge >= 0.3 is 0 Å². The lowest BCUT2D eigenvalue weighted by Crippen LogP contribution is -2.40. The number of amides is 1. The predicted octanol–water partition coefficient (Wildman–Crippen LogP) is 4.56. The van der Waals surface area contributed by atoms with Crippen LogP contribution in [0, 0.1) is 0 Å². The van der Waals surface area contributed by atoms with Crippen LogP contribution in [0.15, 0.2) is 70.6 Å². The summed E-state index contributed by atoms with van der Waals surface area (Å²) in [7, 11) is -3.68. The minimum absolute atomic E-state index is 0.115. The van der Waals surface area contributed by atoms with Crippen molar-refractivity contribution >= 4 is 50.3 Å². The van der Waals surface area contributed by atoms with Crippen LogP contribution in [0.3, 0.4) is 0 Å². The highest BCUT2D eigenvalue weighted by Crippen LogP contribution is 2.35. The van der Waals surface area contributed by atoms with E-state index >= 15 is 0 Å². The summed E-state index contributed by atoms with van der Waals surface area (Å²) in [6, 6.07) is 16.4. The maximum absolute atomic E-state index is 13.3. The molecule has 1 amide bonds. The monoisotopic (exact) mass is 568 g/mol. The summed E-state index contributed by atoms with van der Waals surface area (Å²) in [6.07, 6.45) is 5.50. The maximum Gasteiger partial charge on any atom is 0.266 e. The van der Waals surface area contributed by atoms with Gasteiger partial charge in [0.25, 0.3) is 5.91 Å². The van der Waals surface area contributed by atoms with Crippen molar-refractivity contribution in [3.8, 4) is 16.9 Å². The Hall–Kier alpha value is -2.83. The topological polar surface area (TPSA) is 84.7 Å². The molecule has 8 nitrogen and oxygen atoms in total. The summed E-state index contributed by atoms with van der Waals surface area (Å²) in [4.78, 5) is 15.5. The van der Waals surface area contributed by atoms with Crippen LogP contribution in [0.5, 0.6) is 0 Å². The minimum Gasteiger partial charge on any atom is -0.379 e. The summed E-state index contributed by atoms with van der Waals surface area (Å²) in [5.74, 6) is -0.115. The summed E-state index contributed by atoms with van der Waals surface area (Å²) in [6.45, 7) is 4.06. The fraction of sp³-hybridized carbons (Fsp3) is 0.296. The Bertz CT molecular complexity index is 1480. The van der Waals surface area contributed by atoms with Crippen LogP contribution in [0.1, 0.15) is 25.3 Å². The summed E-state index contributed by atoms with van der Waals surface area (Å²) in [5, 5.41) is 4.82. The standard InChI is InChI=1S/C27H28N4O4S3/c1-2-3-12-30-26(32)24(37-27(30)36)18-21-19-31(22-9-5-4-6-10-22)28-25(21)20-8-7-11-23(17-20)38(33,34)29-13-15-35-16-14-29/h4-11,17-19H,2-3,12-16H2,1H3/b24-18-. The summed E-state index contributed by atoms with van der Waals surface area (Å²) in [5.41, 5.74) is 2.76. The van der Waals surface area contributed by atoms with Gasteiger partial charge in [0.1, 0.15) is 10.0 Å². The van der Waals surface area contributed by atoms with E-state index < -0.39 is 10.0 Å². The van der Waals surface area contributed by atoms with Gasteiger partial charge in [0, 0.05) is 37.0 Å². The van der Waals surface area contributed by atoms with E-state index in [2.05, 4.69) is 6.92 Å². The van der Waals surface area contributed by atoms with E-state index in [1.54, 1.807) is 33.9 Å². The van der Waals surface area contributed by atoms with E-state index in [0.717, 1.165) is 18.5 Å². The van der Waals surface area contributed by atoms with Crippen molar-refractivity contribution in [1.29, 1.82) is 0 Å². The first kappa shape index (κ1) is 26.8. The van der Waals surface area contributed by atoms with Crippen LogP contribution < -0.4 is 0 Å². The average Bonchev–Trinajstić information content (AvgIpc) is 3.48. The van der Waals surface area contributed by atoms with Crippen molar-refractivity contribution in [2.24, 2.45) is 0 Å². The third-order valence-electron chi connectivity index (χ3n) is 6.37. The molecule has 0 N–H and O–H groups in total. The zero-order valence-corrected chi connectivity index (χ0v) is 23.4. The third kappa shape index (κ3) is 5.48. The lowest BCUT2D eigenvalue weighted by atomic mass is 10.1. The molecule has 198 valence electrons. The van der Waals surface area contributed by atoms with Crippen LogP contribution >= 0.6 is 24.0 Å². The summed E-state index contributed by atoms with van der Waals surface area (Å²) < 4.78 is 35.7. The number of thioether (sulfide) groups is 1. The molecule has 0 aliphatic carbocycles. The van der Waals surface area contributed by atoms with Crippen molar-refractivity contribution < 1.29 is 17.9 Å². The van der Waals surface area contributed by atoms with Crippen molar-refractivity contribution in [1.82, 2.24) is 19.0 Å². The second kappa shape index (κ2) is 11.5. The molecular weight excluding hydrogens is 541 g/mol. The number of carbonyl (C=O) groups excluding carboxylic acids is 1. The van der Waals surface area contributed by atoms with Gasteiger partial charge < -0.3 is 4.74 Å². The van der Waals surface area contributed by atoms with E-state index in [9.17, 15) is 13.2 Å². The van der Waals surface area contributed by atoms with Gasteiger partial charge in [-0.1, -0.05) is 67.7 Å². The molecule has 3 heterocycles. The van der Waals surface area contributed by atoms with E-state index in [1.807, 2.05) is 42.6 Å². The normalized spacial score (nSPS) is 18.0. The van der Waals surface area contributed by atoms with E-state index in [4.69, 9.17) is 22.1 Å². The van der Waals surface area contributed by atoms with Crippen LogP contribution in [0.2, 0.25) is 0 Å². The van der Waals surface area contributed by atoms with Gasteiger partial charge in [-0.2, -0.15) is 9.40 Å². The molecule has 0 radical (unpaired) electrons. The number of hydrogen-bond acceptors (Lipinski definition) is 7. The number of para-hydroxylation sites is 1. The number of thiocarbonyl (C=S) groups is 1. The van der Waals surface area contributed by atoms with Crippen molar-refractivity contribution in [2.45, 2.75) is 24.7 Å². The highest BCUT2D eigenvalue weighted by atomic mass is 32.2. The Balaban J connectivity index is 1.56. The van der Waals surface area contributed by atoms with Crippen LogP contribution in [-0.2, 0) is 19.6 Å². The molecule has 11 heteroatoms. The smallest absolute Gasteiger partial charge is 0.266 e. The second-order valence-electron chi connectivity index (χ2n) is 8.94. The quantitative estimate of drug-likeness (QED) is 0.291. The molecule has 2 saturated heterocycles. The second-order valence-corrected chi connectivity index (χ2v) is 12.6. The molecule has 2 aromatic carbocycles. The van der Waals surface area contributed by atoms with Crippen molar-refractivity contribution in [3.63, 3.8) is 0 Å². The third-order valence-corrected chi connectivity index (χ3v) is 9.65. The zero-order chi connectivity index (χ0) is 26.7. The number of nitrogens with zero attached hydrogens (tertiary/aromatic N) is 4. The number of rotatable bonds is 8. The molecular formula is C27H28N4O4S3. The van der Waals surface area contributed by atoms with Crippen LogP contribution in [-0.4, -0.2) is 70.5 Å². The molecule has 0 unspecified atom stereocenters. The number of benzene rings is 2. The van der Waals surface area contributed by atoms with E-state index in [-0.39, 0.29) is 10.8 Å². The van der Waals surface area contributed by atoms with Gasteiger partial charge in [-0.3, -0.25) is 9.69 Å². The predicted molar refractivity (Wildman–Crippen MR) is 153 cm³/mol. The lowest BCUT2D eigenvalue weighted by molar-refractivity contribution is -0.122. The number of carbonyl (C=O) groups is 1. The molecule has 2 fully saturated rings. The Labute approximate surface area is 232 Å². The number of hydrogen-bond donors (Lipinski definition) is 0. The Morgan fingerprint density at radius 1 is 1.11 bits per heavy atom. The average molecular weight is 569 g/mol. The Kier molecular flexibility index (Phi) is 8.10. The molecule has 2 aliphatic heterocycles. The Morgan fingerprint density at radius 2 is 1.87 bits per heavy atom. The van der Waals surface area contributed by atoms with Gasteiger partial charge in [-0.05, 0) is 36.8 Å². The molecule has 5 rings (SSSR count). The molecule has 38 heavy (non-hydrogen) atoms. The zero-order valence-electron chi connectivity index (χ0n) is 20.9. The fourth-order valence-electron chi connectivity index (χ4n) is 4.32. The number of morpholine rings is 1. The fourth-order valence-corrected chi connectivity index (χ4v) is 7.07. The summed E-state index contributed by atoms with van der Waals surface area (Å²) >= 11 is 6.76. The van der Waals surface area contributed by atoms with Gasteiger partial charge in [0.15, 0.2) is 0 Å². The molecule has 0 atom stereocenters. The molecule has 2 aliphatic rings. The minimum atomic E-state index is -3.68. The number of ether oxygens (including phenoxy) is 1. The molecule has 0 spiro atoms. The molecule has 0 bridgehead atoms. The molecule has 1 aromatic heterocycles. The maximum atomic E-state index is 13.3. The van der Waals surface area contributed by atoms with Gasteiger partial charge in [-0.15, -0.1) is 0 Å². The van der Waals surface area contributed by atoms with Crippen molar-refractivity contribution in [3.05, 3.63) is 71.3 Å². The van der Waals surface area contributed by atoms with E-state index in [1.165, 1.54) is 16.1 Å². The lowest BCUT2D eigenvalue weighted by Gasteiger charge is -2.26. The number of aromatic nitrogens is 2. The van der Waals surface area contributed by atoms with Gasteiger partial charge in [0.05, 0.1) is 28.7 Å². The van der Waals surface area contributed by atoms with Gasteiger partial charge in [0.2, 0.25) is 10.0 Å². The van der Waals surface area contributed by atoms with Crippen molar-refractivity contribution in [2.75, 3.05) is 32.8 Å². The Morgan fingerprint density at radius 3 is 2.61 bits per heavy atom. The van der Waals surface area contributed by atoms with Gasteiger partial charge in [-0.25, -0.2) is 13.1 Å². The SMILES string of the molecule is CCCCN1C(=O)/C(=C/c2cn(-c3ccccc3)nc2-c2cccc(S(=O)(=O)N3CCOCC3)c2)SC1=S. The number of sulfonamides is 1. The largest absolute Gasteiger partial charge is 0.379 e. The van der Waals surface area contributed by atoms with Crippen LogP contribution in [0.25, 0.3) is 23.0 Å². The van der Waals surface area contributed by atoms with E-state index in [0.29, 0.717) is 58.9 Å². The molecule has 3 aromatic rings. The highest BCUT2D eigenvalue weighted by Gasteiger charge is 2.32. The first-order valence-corrected chi connectivity index (χ1v) is 15.1.